The first-order chi connectivity index (χ1) is 9.82. The summed E-state index contributed by atoms with van der Waals surface area (Å²) >= 11 is 1.42. The SMILES string of the molecule is CNC(=O)CN1C(=O)CSC1c1ccc(S(C)(=O)=O)cc1. The summed E-state index contributed by atoms with van der Waals surface area (Å²) in [7, 11) is -1.72. The highest BCUT2D eigenvalue weighted by Crippen LogP contribution is 2.38. The third kappa shape index (κ3) is 3.56. The first kappa shape index (κ1) is 15.8. The third-order valence-electron chi connectivity index (χ3n) is 3.15. The standard InChI is InChI=1S/C13H16N2O4S2/c1-14-11(16)7-15-12(17)8-20-13(15)9-3-5-10(6-4-9)21(2,18)19/h3-6,13H,7-8H2,1-2H3,(H,14,16). The Morgan fingerprint density at radius 3 is 2.52 bits per heavy atom. The summed E-state index contributed by atoms with van der Waals surface area (Å²) in [5.41, 5.74) is 0.808. The molecule has 1 aliphatic rings. The molecule has 1 saturated heterocycles. The number of hydrogen-bond donors (Lipinski definition) is 1. The van der Waals surface area contributed by atoms with Gasteiger partial charge in [-0.1, -0.05) is 12.1 Å². The van der Waals surface area contributed by atoms with E-state index in [1.807, 2.05) is 0 Å². The maximum atomic E-state index is 11.9. The molecule has 0 saturated carbocycles. The van der Waals surface area contributed by atoms with E-state index >= 15 is 0 Å². The first-order valence-electron chi connectivity index (χ1n) is 6.24. The molecule has 1 aromatic carbocycles. The number of amides is 2. The van der Waals surface area contributed by atoms with Crippen molar-refractivity contribution in [3.05, 3.63) is 29.8 Å². The third-order valence-corrected chi connectivity index (χ3v) is 5.54. The average Bonchev–Trinajstić information content (AvgIpc) is 2.79. The van der Waals surface area contributed by atoms with E-state index in [9.17, 15) is 18.0 Å². The van der Waals surface area contributed by atoms with Crippen molar-refractivity contribution in [3.8, 4) is 0 Å². The van der Waals surface area contributed by atoms with Crippen LogP contribution >= 0.6 is 11.8 Å². The van der Waals surface area contributed by atoms with Crippen molar-refractivity contribution in [2.75, 3.05) is 25.6 Å². The maximum Gasteiger partial charge on any atom is 0.239 e. The molecule has 114 valence electrons. The normalized spacial score (nSPS) is 18.9. The van der Waals surface area contributed by atoms with Crippen LogP contribution in [0.5, 0.6) is 0 Å². The van der Waals surface area contributed by atoms with Crippen molar-refractivity contribution < 1.29 is 18.0 Å². The number of rotatable bonds is 4. The Hall–Kier alpha value is -1.54. The van der Waals surface area contributed by atoms with Crippen molar-refractivity contribution in [1.29, 1.82) is 0 Å². The van der Waals surface area contributed by atoms with Gasteiger partial charge in [0.15, 0.2) is 9.84 Å². The van der Waals surface area contributed by atoms with E-state index in [0.717, 1.165) is 11.8 Å². The van der Waals surface area contributed by atoms with Gasteiger partial charge in [-0.05, 0) is 17.7 Å². The van der Waals surface area contributed by atoms with Crippen LogP contribution in [0.25, 0.3) is 0 Å². The van der Waals surface area contributed by atoms with Crippen molar-refractivity contribution in [1.82, 2.24) is 10.2 Å². The lowest BCUT2D eigenvalue weighted by atomic mass is 10.2. The fourth-order valence-corrected chi connectivity index (χ4v) is 3.83. The topological polar surface area (TPSA) is 83.6 Å². The quantitative estimate of drug-likeness (QED) is 0.865. The summed E-state index contributed by atoms with van der Waals surface area (Å²) in [5, 5.41) is 2.23. The minimum absolute atomic E-state index is 0.000821. The van der Waals surface area contributed by atoms with E-state index in [1.165, 1.54) is 35.8 Å². The van der Waals surface area contributed by atoms with Crippen LogP contribution in [0.1, 0.15) is 10.9 Å². The second-order valence-electron chi connectivity index (χ2n) is 4.70. The van der Waals surface area contributed by atoms with Crippen LogP contribution in [0, 0.1) is 0 Å². The molecule has 1 atom stereocenters. The number of thioether (sulfide) groups is 1. The Bertz CT molecular complexity index is 655. The number of nitrogens with one attached hydrogen (secondary N) is 1. The van der Waals surface area contributed by atoms with E-state index < -0.39 is 9.84 Å². The van der Waals surface area contributed by atoms with Gasteiger partial charge in [0, 0.05) is 13.3 Å². The predicted octanol–water partition coefficient (Wildman–Crippen LogP) is 0.410. The van der Waals surface area contributed by atoms with Crippen LogP contribution in [-0.2, 0) is 19.4 Å². The molecular weight excluding hydrogens is 312 g/mol. The van der Waals surface area contributed by atoms with Gasteiger partial charge in [-0.25, -0.2) is 8.42 Å². The predicted molar refractivity (Wildman–Crippen MR) is 80.5 cm³/mol. The number of sulfone groups is 1. The average molecular weight is 328 g/mol. The smallest absolute Gasteiger partial charge is 0.239 e. The van der Waals surface area contributed by atoms with Crippen molar-refractivity contribution >= 4 is 33.4 Å². The minimum Gasteiger partial charge on any atom is -0.358 e. The molecule has 6 nitrogen and oxygen atoms in total. The Kier molecular flexibility index (Phi) is 4.58. The molecule has 0 radical (unpaired) electrons. The van der Waals surface area contributed by atoms with Crippen LogP contribution < -0.4 is 5.32 Å². The van der Waals surface area contributed by atoms with Gasteiger partial charge in [0.05, 0.1) is 10.6 Å². The Morgan fingerprint density at radius 2 is 2.00 bits per heavy atom. The lowest BCUT2D eigenvalue weighted by Gasteiger charge is -2.23. The molecule has 0 bridgehead atoms. The number of carbonyl (C=O) groups is 2. The molecule has 2 amide bonds. The molecule has 2 rings (SSSR count). The van der Waals surface area contributed by atoms with E-state index in [0.29, 0.717) is 5.75 Å². The monoisotopic (exact) mass is 328 g/mol. The van der Waals surface area contributed by atoms with Gasteiger partial charge in [-0.15, -0.1) is 11.8 Å². The van der Waals surface area contributed by atoms with Crippen LogP contribution in [0.3, 0.4) is 0 Å². The molecule has 21 heavy (non-hydrogen) atoms. The van der Waals surface area contributed by atoms with Crippen molar-refractivity contribution in [2.24, 2.45) is 0 Å². The maximum absolute atomic E-state index is 11.9. The number of likely N-dealkylation sites (N-methyl/N-ethyl adjacent to an activating group) is 1. The van der Waals surface area contributed by atoms with Gasteiger partial charge >= 0.3 is 0 Å². The molecule has 0 spiro atoms. The largest absolute Gasteiger partial charge is 0.358 e. The molecule has 1 N–H and O–H groups in total. The molecular formula is C13H16N2O4S2. The number of nitrogens with zero attached hydrogens (tertiary/aromatic N) is 1. The van der Waals surface area contributed by atoms with Gasteiger partial charge in [0.2, 0.25) is 11.8 Å². The minimum atomic E-state index is -3.24. The zero-order valence-corrected chi connectivity index (χ0v) is 13.3. The van der Waals surface area contributed by atoms with E-state index in [2.05, 4.69) is 5.32 Å². The van der Waals surface area contributed by atoms with Gasteiger partial charge in [-0.2, -0.15) is 0 Å². The molecule has 0 aromatic heterocycles. The van der Waals surface area contributed by atoms with E-state index in [1.54, 1.807) is 12.1 Å². The molecule has 1 aromatic rings. The highest BCUT2D eigenvalue weighted by atomic mass is 32.2. The lowest BCUT2D eigenvalue weighted by Crippen LogP contribution is -2.37. The van der Waals surface area contributed by atoms with Gasteiger partial charge < -0.3 is 10.2 Å². The number of benzene rings is 1. The van der Waals surface area contributed by atoms with Crippen LogP contribution in [0.15, 0.2) is 29.2 Å². The summed E-state index contributed by atoms with van der Waals surface area (Å²) in [4.78, 5) is 25.1. The fraction of sp³-hybridized carbons (Fsp3) is 0.385. The van der Waals surface area contributed by atoms with Crippen LogP contribution in [-0.4, -0.2) is 50.7 Å². The van der Waals surface area contributed by atoms with Gasteiger partial charge in [-0.3, -0.25) is 9.59 Å². The van der Waals surface area contributed by atoms with Crippen LogP contribution in [0.2, 0.25) is 0 Å². The van der Waals surface area contributed by atoms with E-state index in [-0.39, 0.29) is 28.6 Å². The van der Waals surface area contributed by atoms with E-state index in [4.69, 9.17) is 0 Å². The fourth-order valence-electron chi connectivity index (χ4n) is 2.01. The summed E-state index contributed by atoms with van der Waals surface area (Å²) in [6.45, 7) is 0.000821. The first-order valence-corrected chi connectivity index (χ1v) is 9.18. The van der Waals surface area contributed by atoms with Crippen LogP contribution in [0.4, 0.5) is 0 Å². The number of carbonyl (C=O) groups excluding carboxylic acids is 2. The zero-order chi connectivity index (χ0) is 15.6. The summed E-state index contributed by atoms with van der Waals surface area (Å²) < 4.78 is 22.9. The molecule has 1 fully saturated rings. The molecule has 1 unspecified atom stereocenters. The van der Waals surface area contributed by atoms with Gasteiger partial charge in [0.1, 0.15) is 11.9 Å². The summed E-state index contributed by atoms with van der Waals surface area (Å²) in [6, 6.07) is 6.41. The Morgan fingerprint density at radius 1 is 1.38 bits per heavy atom. The lowest BCUT2D eigenvalue weighted by molar-refractivity contribution is -0.133. The molecule has 1 heterocycles. The zero-order valence-electron chi connectivity index (χ0n) is 11.7. The van der Waals surface area contributed by atoms with Crippen molar-refractivity contribution in [3.63, 3.8) is 0 Å². The highest BCUT2D eigenvalue weighted by molar-refractivity contribution is 8.00. The second kappa shape index (κ2) is 6.07. The Labute approximate surface area is 127 Å². The molecule has 8 heteroatoms. The number of hydrogen-bond acceptors (Lipinski definition) is 5. The van der Waals surface area contributed by atoms with Crippen molar-refractivity contribution in [2.45, 2.75) is 10.3 Å². The van der Waals surface area contributed by atoms with Gasteiger partial charge in [0.25, 0.3) is 0 Å². The highest BCUT2D eigenvalue weighted by Gasteiger charge is 2.33. The molecule has 1 aliphatic heterocycles. The summed E-state index contributed by atoms with van der Waals surface area (Å²) in [5.74, 6) is -0.0143. The summed E-state index contributed by atoms with van der Waals surface area (Å²) in [6.07, 6.45) is 1.15. The Balaban J connectivity index is 2.23. The second-order valence-corrected chi connectivity index (χ2v) is 7.78. The molecule has 0 aliphatic carbocycles.